The van der Waals surface area contributed by atoms with Crippen molar-refractivity contribution in [1.82, 2.24) is 4.90 Å². The van der Waals surface area contributed by atoms with E-state index in [-0.39, 0.29) is 6.10 Å². The van der Waals surface area contributed by atoms with Gasteiger partial charge in [0.05, 0.1) is 0 Å². The van der Waals surface area contributed by atoms with Crippen LogP contribution < -0.4 is 4.74 Å². The van der Waals surface area contributed by atoms with Gasteiger partial charge < -0.3 is 9.84 Å². The highest BCUT2D eigenvalue weighted by atomic mass is 79.9. The van der Waals surface area contributed by atoms with Crippen molar-refractivity contribution in [2.75, 3.05) is 13.6 Å². The maximum atomic E-state index is 11.2. The van der Waals surface area contributed by atoms with E-state index < -0.39 is 11.5 Å². The molecule has 5 heteroatoms. The average Bonchev–Trinajstić information content (AvgIpc) is 2.69. The summed E-state index contributed by atoms with van der Waals surface area (Å²) < 4.78 is 6.89. The van der Waals surface area contributed by atoms with Crippen molar-refractivity contribution in [3.05, 3.63) is 28.2 Å². The normalized spacial score (nSPS) is 18.3. The summed E-state index contributed by atoms with van der Waals surface area (Å²) in [5, 5.41) is 9.21. The monoisotopic (exact) mass is 327 g/mol. The van der Waals surface area contributed by atoms with Gasteiger partial charge in [-0.15, -0.1) is 0 Å². The van der Waals surface area contributed by atoms with Gasteiger partial charge in [-0.3, -0.25) is 9.69 Å². The third-order valence-corrected chi connectivity index (χ3v) is 4.21. The number of carboxylic acids is 1. The molecule has 0 aliphatic carbocycles. The Morgan fingerprint density at radius 2 is 2.26 bits per heavy atom. The highest BCUT2D eigenvalue weighted by molar-refractivity contribution is 9.10. The minimum Gasteiger partial charge on any atom is -0.488 e. The molecule has 0 spiro atoms. The first kappa shape index (κ1) is 14.3. The van der Waals surface area contributed by atoms with Crippen molar-refractivity contribution in [3.63, 3.8) is 0 Å². The Labute approximate surface area is 121 Å². The van der Waals surface area contributed by atoms with Gasteiger partial charge in [0.15, 0.2) is 0 Å². The summed E-state index contributed by atoms with van der Waals surface area (Å²) in [6.45, 7) is 3.99. The van der Waals surface area contributed by atoms with Crippen LogP contribution in [-0.4, -0.2) is 41.2 Å². The molecule has 0 amide bonds. The summed E-state index contributed by atoms with van der Waals surface area (Å²) in [5.41, 5.74) is 0.277. The summed E-state index contributed by atoms with van der Waals surface area (Å²) in [6, 6.07) is 5.95. The summed E-state index contributed by atoms with van der Waals surface area (Å²) in [5.74, 6) is 0.0722. The van der Waals surface area contributed by atoms with Gasteiger partial charge in [0.1, 0.15) is 17.4 Å². The minimum absolute atomic E-state index is 0.00734. The fourth-order valence-corrected chi connectivity index (χ4v) is 2.50. The zero-order valence-electron chi connectivity index (χ0n) is 11.3. The standard InChI is InChI=1S/C14H18BrNO3/c1-14(2,13(17)18)16(3)8-11-7-9-6-10(15)4-5-12(9)19-11/h4-6,11H,7-8H2,1-3H3,(H,17,18). The molecule has 0 fully saturated rings. The van der Waals surface area contributed by atoms with Gasteiger partial charge >= 0.3 is 5.97 Å². The second-order valence-electron chi connectivity index (χ2n) is 5.44. The third kappa shape index (κ3) is 2.92. The Morgan fingerprint density at radius 3 is 2.89 bits per heavy atom. The van der Waals surface area contributed by atoms with E-state index in [0.717, 1.165) is 16.6 Å². The van der Waals surface area contributed by atoms with E-state index in [9.17, 15) is 9.90 Å². The molecule has 1 atom stereocenters. The molecule has 0 aromatic heterocycles. The van der Waals surface area contributed by atoms with Crippen LogP contribution in [0.4, 0.5) is 0 Å². The number of benzene rings is 1. The van der Waals surface area contributed by atoms with E-state index in [1.54, 1.807) is 13.8 Å². The number of halogens is 1. The number of carbonyl (C=O) groups is 1. The second kappa shape index (κ2) is 5.13. The second-order valence-corrected chi connectivity index (χ2v) is 6.36. The molecule has 104 valence electrons. The molecule has 19 heavy (non-hydrogen) atoms. The first-order valence-electron chi connectivity index (χ1n) is 6.20. The Hall–Kier alpha value is -1.07. The number of hydrogen-bond acceptors (Lipinski definition) is 3. The highest BCUT2D eigenvalue weighted by Gasteiger charge is 2.35. The van der Waals surface area contributed by atoms with Crippen LogP contribution in [0.3, 0.4) is 0 Å². The maximum Gasteiger partial charge on any atom is 0.323 e. The summed E-state index contributed by atoms with van der Waals surface area (Å²) in [6.07, 6.45) is 0.822. The molecule has 1 N–H and O–H groups in total. The molecule has 2 rings (SSSR count). The summed E-state index contributed by atoms with van der Waals surface area (Å²) in [7, 11) is 1.82. The number of hydrogen-bond donors (Lipinski definition) is 1. The molecule has 4 nitrogen and oxygen atoms in total. The number of aliphatic carboxylic acids is 1. The lowest BCUT2D eigenvalue weighted by molar-refractivity contribution is -0.149. The van der Waals surface area contributed by atoms with Crippen LogP contribution in [0.25, 0.3) is 0 Å². The number of carboxylic acid groups (broad SMARTS) is 1. The van der Waals surface area contributed by atoms with Gasteiger partial charge in [-0.2, -0.15) is 0 Å². The Kier molecular flexibility index (Phi) is 3.87. The van der Waals surface area contributed by atoms with E-state index in [0.29, 0.717) is 6.54 Å². The van der Waals surface area contributed by atoms with E-state index >= 15 is 0 Å². The molecule has 1 aromatic rings. The van der Waals surface area contributed by atoms with E-state index in [2.05, 4.69) is 22.0 Å². The van der Waals surface area contributed by atoms with Crippen molar-refractivity contribution >= 4 is 21.9 Å². The molecule has 1 aliphatic rings. The van der Waals surface area contributed by atoms with Crippen LogP contribution in [0, 0.1) is 0 Å². The highest BCUT2D eigenvalue weighted by Crippen LogP contribution is 2.32. The van der Waals surface area contributed by atoms with Crippen LogP contribution in [0.5, 0.6) is 5.75 Å². The summed E-state index contributed by atoms with van der Waals surface area (Å²) in [4.78, 5) is 13.0. The fourth-order valence-electron chi connectivity index (χ4n) is 2.09. The van der Waals surface area contributed by atoms with Crippen molar-refractivity contribution in [2.24, 2.45) is 0 Å². The van der Waals surface area contributed by atoms with Gasteiger partial charge in [-0.25, -0.2) is 0 Å². The predicted molar refractivity (Wildman–Crippen MR) is 76.6 cm³/mol. The van der Waals surface area contributed by atoms with Gasteiger partial charge in [0.2, 0.25) is 0 Å². The SMILES string of the molecule is CN(CC1Cc2cc(Br)ccc2O1)C(C)(C)C(=O)O. The molecule has 0 bridgehead atoms. The van der Waals surface area contributed by atoms with Crippen molar-refractivity contribution in [3.8, 4) is 5.75 Å². The van der Waals surface area contributed by atoms with Crippen LogP contribution in [-0.2, 0) is 11.2 Å². The van der Waals surface area contributed by atoms with Gasteiger partial charge in [0, 0.05) is 17.4 Å². The molecule has 0 saturated carbocycles. The summed E-state index contributed by atoms with van der Waals surface area (Å²) >= 11 is 3.44. The van der Waals surface area contributed by atoms with Gasteiger partial charge in [0.25, 0.3) is 0 Å². The zero-order valence-corrected chi connectivity index (χ0v) is 12.9. The third-order valence-electron chi connectivity index (χ3n) is 3.72. The van der Waals surface area contributed by atoms with Crippen molar-refractivity contribution < 1.29 is 14.6 Å². The molecule has 0 saturated heterocycles. The van der Waals surface area contributed by atoms with Crippen LogP contribution in [0.1, 0.15) is 19.4 Å². The minimum atomic E-state index is -0.890. The Balaban J connectivity index is 2.02. The number of fused-ring (bicyclic) bond motifs is 1. The smallest absolute Gasteiger partial charge is 0.323 e. The first-order chi connectivity index (χ1) is 8.80. The average molecular weight is 328 g/mol. The first-order valence-corrected chi connectivity index (χ1v) is 6.99. The topological polar surface area (TPSA) is 49.8 Å². The maximum absolute atomic E-state index is 11.2. The van der Waals surface area contributed by atoms with Crippen molar-refractivity contribution in [2.45, 2.75) is 31.9 Å². The number of likely N-dealkylation sites (N-methyl/N-ethyl adjacent to an activating group) is 1. The van der Waals surface area contributed by atoms with Gasteiger partial charge in [-0.1, -0.05) is 15.9 Å². The van der Waals surface area contributed by atoms with Crippen molar-refractivity contribution in [1.29, 1.82) is 0 Å². The van der Waals surface area contributed by atoms with E-state index in [4.69, 9.17) is 4.74 Å². The lowest BCUT2D eigenvalue weighted by Gasteiger charge is -2.32. The zero-order chi connectivity index (χ0) is 14.2. The molecule has 1 aromatic carbocycles. The van der Waals surface area contributed by atoms with E-state index in [1.165, 1.54) is 5.56 Å². The van der Waals surface area contributed by atoms with Gasteiger partial charge in [-0.05, 0) is 44.7 Å². The largest absolute Gasteiger partial charge is 0.488 e. The molecule has 1 heterocycles. The van der Waals surface area contributed by atoms with Crippen LogP contribution in [0.2, 0.25) is 0 Å². The quantitative estimate of drug-likeness (QED) is 0.923. The lowest BCUT2D eigenvalue weighted by atomic mass is 10.0. The molecular formula is C14H18BrNO3. The predicted octanol–water partition coefficient (Wildman–Crippen LogP) is 2.55. The number of nitrogens with zero attached hydrogens (tertiary/aromatic N) is 1. The molecule has 1 aliphatic heterocycles. The molecular weight excluding hydrogens is 310 g/mol. The van der Waals surface area contributed by atoms with E-state index in [1.807, 2.05) is 24.1 Å². The number of ether oxygens (including phenoxy) is 1. The Bertz CT molecular complexity index is 501. The fraction of sp³-hybridized carbons (Fsp3) is 0.500. The van der Waals surface area contributed by atoms with Crippen LogP contribution in [0.15, 0.2) is 22.7 Å². The van der Waals surface area contributed by atoms with Crippen LogP contribution >= 0.6 is 15.9 Å². The number of rotatable bonds is 4. The molecule has 0 radical (unpaired) electrons. The Morgan fingerprint density at radius 1 is 1.58 bits per heavy atom. The lowest BCUT2D eigenvalue weighted by Crippen LogP contribution is -2.51. The molecule has 1 unspecified atom stereocenters.